The fourth-order valence-corrected chi connectivity index (χ4v) is 8.04. The summed E-state index contributed by atoms with van der Waals surface area (Å²) in [6.45, 7) is 2.28. The highest BCUT2D eigenvalue weighted by atomic mass is 32.3. The largest absolute Gasteiger partial charge is 0.378 e. The molecule has 3 aromatic carbocycles. The number of ether oxygens (including phenoxy) is 1. The Bertz CT molecular complexity index is 1140. The van der Waals surface area contributed by atoms with E-state index in [0.29, 0.717) is 5.56 Å². The van der Waals surface area contributed by atoms with Gasteiger partial charge in [-0.3, -0.25) is 4.79 Å². The van der Waals surface area contributed by atoms with Crippen LogP contribution < -0.4 is 9.80 Å². The van der Waals surface area contributed by atoms with Gasteiger partial charge in [0.05, 0.1) is 0 Å². The lowest BCUT2D eigenvalue weighted by atomic mass is 9.77. The normalized spacial score (nSPS) is 23.1. The quantitative estimate of drug-likeness (QED) is 0.436. The third-order valence-corrected chi connectivity index (χ3v) is 10.8. The van der Waals surface area contributed by atoms with Gasteiger partial charge < -0.3 is 14.5 Å². The summed E-state index contributed by atoms with van der Waals surface area (Å²) < 4.78 is 6.53. The van der Waals surface area contributed by atoms with Crippen molar-refractivity contribution in [3.05, 3.63) is 82.9 Å². The van der Waals surface area contributed by atoms with E-state index in [9.17, 15) is 4.79 Å². The first-order chi connectivity index (χ1) is 15.7. The van der Waals surface area contributed by atoms with Crippen molar-refractivity contribution in [2.24, 2.45) is 0 Å². The van der Waals surface area contributed by atoms with Crippen LogP contribution in [0.4, 0.5) is 11.4 Å². The first-order valence-corrected chi connectivity index (χ1v) is 13.4. The zero-order valence-corrected chi connectivity index (χ0v) is 21.5. The fourth-order valence-electron chi connectivity index (χ4n) is 5.02. The van der Waals surface area contributed by atoms with Gasteiger partial charge in [-0.05, 0) is 36.3 Å². The Morgan fingerprint density at radius 2 is 1.36 bits per heavy atom. The van der Waals surface area contributed by atoms with Crippen LogP contribution in [0, 0.1) is 0 Å². The van der Waals surface area contributed by atoms with E-state index < -0.39 is 15.6 Å². The number of anilines is 2. The minimum absolute atomic E-state index is 0.653. The maximum absolute atomic E-state index is 12.2. The zero-order chi connectivity index (χ0) is 24.0. The molecule has 0 saturated carbocycles. The minimum Gasteiger partial charge on any atom is -0.378 e. The van der Waals surface area contributed by atoms with Crippen LogP contribution in [0.2, 0.25) is 0 Å². The van der Waals surface area contributed by atoms with Gasteiger partial charge in [-0.2, -0.15) is 10.0 Å². The molecule has 0 fully saturated rings. The number of carbonyl (C=O) groups is 1. The Morgan fingerprint density at radius 1 is 0.848 bits per heavy atom. The highest BCUT2D eigenvalue weighted by Gasteiger charge is 2.49. The Hall–Kier alpha value is -2.76. The summed E-state index contributed by atoms with van der Waals surface area (Å²) in [5, 5.41) is 0. The SMILES string of the molecule is CCS1(C)c2cc(N(C)C)ccc2C(OC)(c2ccccc2C=O)c2ccc(N(C)C)cc21. The van der Waals surface area contributed by atoms with Crippen LogP contribution in [0.3, 0.4) is 0 Å². The van der Waals surface area contributed by atoms with Crippen molar-refractivity contribution in [3.63, 3.8) is 0 Å². The molecule has 0 saturated heterocycles. The standard InChI is InChI=1S/C28H34N2O2S/c1-8-33(7)26-17-21(29(2)3)13-15-24(26)28(32-6,23-12-10-9-11-20(23)19-31)25-16-14-22(30(4)5)18-27(25)33/h9-19H,8H2,1-7H3. The smallest absolute Gasteiger partial charge is 0.150 e. The van der Waals surface area contributed by atoms with E-state index in [-0.39, 0.29) is 0 Å². The lowest BCUT2D eigenvalue weighted by Crippen LogP contribution is -2.38. The van der Waals surface area contributed by atoms with Gasteiger partial charge >= 0.3 is 0 Å². The van der Waals surface area contributed by atoms with Crippen molar-refractivity contribution in [2.75, 3.05) is 57.1 Å². The molecule has 4 nitrogen and oxygen atoms in total. The van der Waals surface area contributed by atoms with Gasteiger partial charge in [-0.15, -0.1) is 0 Å². The van der Waals surface area contributed by atoms with Gasteiger partial charge in [0.25, 0.3) is 0 Å². The summed E-state index contributed by atoms with van der Waals surface area (Å²) in [4.78, 5) is 19.1. The van der Waals surface area contributed by atoms with Gasteiger partial charge in [-0.25, -0.2) is 0 Å². The summed E-state index contributed by atoms with van der Waals surface area (Å²) in [6, 6.07) is 21.2. The number of hydrogen-bond acceptors (Lipinski definition) is 4. The van der Waals surface area contributed by atoms with Crippen LogP contribution in [0.5, 0.6) is 0 Å². The van der Waals surface area contributed by atoms with Crippen LogP contribution >= 0.6 is 10.0 Å². The highest BCUT2D eigenvalue weighted by molar-refractivity contribution is 8.33. The number of benzene rings is 3. The molecule has 4 rings (SSSR count). The van der Waals surface area contributed by atoms with Crippen molar-refractivity contribution >= 4 is 27.7 Å². The molecule has 0 N–H and O–H groups in total. The van der Waals surface area contributed by atoms with Crippen LogP contribution in [0.1, 0.15) is 34.0 Å². The Balaban J connectivity index is 2.20. The lowest BCUT2D eigenvalue weighted by molar-refractivity contribution is 0.0520. The maximum atomic E-state index is 12.2. The molecule has 1 heterocycles. The first-order valence-electron chi connectivity index (χ1n) is 11.2. The minimum atomic E-state index is -1.34. The second kappa shape index (κ2) is 8.54. The van der Waals surface area contributed by atoms with Crippen molar-refractivity contribution < 1.29 is 9.53 Å². The highest BCUT2D eigenvalue weighted by Crippen LogP contribution is 2.69. The van der Waals surface area contributed by atoms with Gasteiger partial charge in [0.2, 0.25) is 0 Å². The van der Waals surface area contributed by atoms with E-state index in [0.717, 1.165) is 28.7 Å². The monoisotopic (exact) mass is 462 g/mol. The average molecular weight is 463 g/mol. The first kappa shape index (κ1) is 23.4. The zero-order valence-electron chi connectivity index (χ0n) is 20.7. The molecular formula is C28H34N2O2S. The topological polar surface area (TPSA) is 32.8 Å². The summed E-state index contributed by atoms with van der Waals surface area (Å²) >= 11 is 0. The van der Waals surface area contributed by atoms with Crippen molar-refractivity contribution in [3.8, 4) is 0 Å². The number of fused-ring (bicyclic) bond motifs is 2. The second-order valence-electron chi connectivity index (χ2n) is 9.12. The molecule has 0 atom stereocenters. The van der Waals surface area contributed by atoms with Gasteiger partial charge in [0, 0.05) is 78.7 Å². The van der Waals surface area contributed by atoms with Crippen molar-refractivity contribution in [1.82, 2.24) is 0 Å². The van der Waals surface area contributed by atoms with E-state index in [2.05, 4.69) is 87.6 Å². The summed E-state index contributed by atoms with van der Waals surface area (Å²) in [5.41, 5.74) is 5.28. The van der Waals surface area contributed by atoms with Gasteiger partial charge in [-0.1, -0.05) is 43.3 Å². The molecule has 0 bridgehead atoms. The van der Waals surface area contributed by atoms with Gasteiger partial charge in [0.1, 0.15) is 11.9 Å². The molecule has 33 heavy (non-hydrogen) atoms. The number of rotatable bonds is 6. The molecule has 1 aliphatic heterocycles. The molecule has 0 radical (unpaired) electrons. The predicted molar refractivity (Wildman–Crippen MR) is 141 cm³/mol. The predicted octanol–water partition coefficient (Wildman–Crippen LogP) is 5.76. The third kappa shape index (κ3) is 3.37. The molecule has 0 aromatic heterocycles. The second-order valence-corrected chi connectivity index (χ2v) is 12.7. The van der Waals surface area contributed by atoms with E-state index in [1.807, 2.05) is 24.3 Å². The number of aldehydes is 1. The lowest BCUT2D eigenvalue weighted by Gasteiger charge is -2.51. The molecule has 3 aromatic rings. The van der Waals surface area contributed by atoms with E-state index in [1.165, 1.54) is 21.2 Å². The Kier molecular flexibility index (Phi) is 6.06. The molecule has 1 aliphatic rings. The number of nitrogens with zero attached hydrogens (tertiary/aromatic N) is 2. The van der Waals surface area contributed by atoms with Crippen LogP contribution in [0.25, 0.3) is 0 Å². The fraction of sp³-hybridized carbons (Fsp3) is 0.321. The molecular weight excluding hydrogens is 428 g/mol. The average Bonchev–Trinajstić information content (AvgIpc) is 2.84. The van der Waals surface area contributed by atoms with Crippen molar-refractivity contribution in [1.29, 1.82) is 0 Å². The Labute approximate surface area is 199 Å². The number of methoxy groups -OCH3 is 1. The molecule has 5 heteroatoms. The molecule has 0 spiro atoms. The van der Waals surface area contributed by atoms with Crippen LogP contribution in [0.15, 0.2) is 70.5 Å². The summed E-state index contributed by atoms with van der Waals surface area (Å²) in [6.07, 6.45) is 3.35. The van der Waals surface area contributed by atoms with Gasteiger partial charge in [0.15, 0.2) is 0 Å². The number of carbonyl (C=O) groups excluding carboxylic acids is 1. The molecule has 174 valence electrons. The summed E-state index contributed by atoms with van der Waals surface area (Å²) in [7, 11) is 8.73. The third-order valence-electron chi connectivity index (χ3n) is 7.04. The van der Waals surface area contributed by atoms with E-state index >= 15 is 0 Å². The van der Waals surface area contributed by atoms with Crippen molar-refractivity contribution in [2.45, 2.75) is 22.3 Å². The van der Waals surface area contributed by atoms with Crippen LogP contribution in [-0.4, -0.2) is 53.6 Å². The maximum Gasteiger partial charge on any atom is 0.150 e. The van der Waals surface area contributed by atoms with E-state index in [1.54, 1.807) is 7.11 Å². The molecule has 0 amide bonds. The molecule has 0 unspecified atom stereocenters. The van der Waals surface area contributed by atoms with Crippen LogP contribution in [-0.2, 0) is 10.3 Å². The van der Waals surface area contributed by atoms with E-state index in [4.69, 9.17) is 4.74 Å². The summed E-state index contributed by atoms with van der Waals surface area (Å²) in [5.74, 6) is 1.02. The Morgan fingerprint density at radius 3 is 1.79 bits per heavy atom. The number of hydrogen-bond donors (Lipinski definition) is 0. The molecule has 0 aliphatic carbocycles.